The zero-order valence-corrected chi connectivity index (χ0v) is 14.9. The van der Waals surface area contributed by atoms with Crippen molar-refractivity contribution >= 4 is 21.7 Å². The molecule has 3 rings (SSSR count). The van der Waals surface area contributed by atoms with Crippen molar-refractivity contribution in [3.8, 4) is 0 Å². The average molecular weight is 349 g/mol. The molecule has 2 atom stereocenters. The number of carbonyl (C=O) groups is 2. The molecule has 1 aromatic rings. The highest BCUT2D eigenvalue weighted by atomic mass is 32.2. The second-order valence-corrected chi connectivity index (χ2v) is 9.34. The Kier molecular flexibility index (Phi) is 4.06. The van der Waals surface area contributed by atoms with Crippen LogP contribution in [-0.4, -0.2) is 25.9 Å². The number of carbonyl (C=O) groups excluding carboxylic acids is 2. The molecule has 24 heavy (non-hydrogen) atoms. The van der Waals surface area contributed by atoms with E-state index in [0.717, 1.165) is 12.0 Å². The van der Waals surface area contributed by atoms with Gasteiger partial charge in [-0.05, 0) is 29.7 Å². The Labute approximate surface area is 142 Å². The highest BCUT2D eigenvalue weighted by molar-refractivity contribution is 7.90. The summed E-state index contributed by atoms with van der Waals surface area (Å²) in [4.78, 5) is 24.5. The van der Waals surface area contributed by atoms with E-state index in [1.807, 2.05) is 19.9 Å². The maximum atomic E-state index is 12.5. The zero-order chi connectivity index (χ0) is 17.6. The lowest BCUT2D eigenvalue weighted by Gasteiger charge is -2.36. The van der Waals surface area contributed by atoms with Crippen LogP contribution in [0.25, 0.3) is 0 Å². The Morgan fingerprint density at radius 3 is 2.46 bits per heavy atom. The number of hydrogen-bond donors (Lipinski definition) is 1. The van der Waals surface area contributed by atoms with Crippen LogP contribution in [0, 0.1) is 16.7 Å². The van der Waals surface area contributed by atoms with Crippen molar-refractivity contribution in [2.45, 2.75) is 39.5 Å². The fraction of sp³-hybridized carbons (Fsp3) is 0.556. The van der Waals surface area contributed by atoms with Crippen molar-refractivity contribution in [2.24, 2.45) is 16.7 Å². The van der Waals surface area contributed by atoms with Gasteiger partial charge in [0.2, 0.25) is 15.9 Å². The maximum Gasteiger partial charge on any atom is 0.237 e. The minimum Gasteiger partial charge on any atom is -0.299 e. The number of hydrogen-bond acceptors (Lipinski definition) is 4. The second kappa shape index (κ2) is 5.69. The summed E-state index contributed by atoms with van der Waals surface area (Å²) in [5, 5.41) is 0. The first-order chi connectivity index (χ1) is 11.2. The number of ketones is 1. The maximum absolute atomic E-state index is 12.5. The normalized spacial score (nSPS) is 28.1. The molecule has 130 valence electrons. The fourth-order valence-electron chi connectivity index (χ4n) is 4.46. The first-order valence-corrected chi connectivity index (χ1v) is 9.92. The molecule has 0 radical (unpaired) electrons. The van der Waals surface area contributed by atoms with Gasteiger partial charge in [0.25, 0.3) is 0 Å². The van der Waals surface area contributed by atoms with Gasteiger partial charge in [-0.1, -0.05) is 44.2 Å². The summed E-state index contributed by atoms with van der Waals surface area (Å²) in [7, 11) is -3.85. The third-order valence-corrected chi connectivity index (χ3v) is 7.46. The number of nitrogens with one attached hydrogen (secondary N) is 1. The fourth-order valence-corrected chi connectivity index (χ4v) is 6.28. The molecule has 1 aromatic carbocycles. The molecule has 2 aliphatic carbocycles. The Bertz CT molecular complexity index is 769. The summed E-state index contributed by atoms with van der Waals surface area (Å²) in [6, 6.07) is 8.98. The minimum atomic E-state index is -3.85. The highest BCUT2D eigenvalue weighted by Gasteiger charge is 2.65. The predicted octanol–water partition coefficient (Wildman–Crippen LogP) is 2.07. The van der Waals surface area contributed by atoms with Crippen molar-refractivity contribution in [3.63, 3.8) is 0 Å². The second-order valence-electron chi connectivity index (χ2n) is 7.61. The lowest BCUT2D eigenvalue weighted by molar-refractivity contribution is -0.128. The lowest BCUT2D eigenvalue weighted by Crippen LogP contribution is -2.46. The number of sulfonamides is 1. The van der Waals surface area contributed by atoms with Crippen LogP contribution in [0.1, 0.15) is 38.7 Å². The standard InChI is InChI=1S/C18H23NO4S/c1-17(2)14-8-9-18(17,15(20)11-14)12-24(22,23)19-16(21)10-13-6-4-3-5-7-13/h3-7,14H,8-12H2,1-2H3,(H,19,21)/t14-,18-/m0/s1. The first kappa shape index (κ1) is 17.1. The monoisotopic (exact) mass is 349 g/mol. The molecule has 6 heteroatoms. The van der Waals surface area contributed by atoms with E-state index in [1.165, 1.54) is 0 Å². The molecule has 0 unspecified atom stereocenters. The van der Waals surface area contributed by atoms with Crippen LogP contribution >= 0.6 is 0 Å². The van der Waals surface area contributed by atoms with E-state index >= 15 is 0 Å². The first-order valence-electron chi connectivity index (χ1n) is 8.27. The van der Waals surface area contributed by atoms with E-state index in [4.69, 9.17) is 0 Å². The van der Waals surface area contributed by atoms with Crippen LogP contribution in [0.4, 0.5) is 0 Å². The Morgan fingerprint density at radius 2 is 1.92 bits per heavy atom. The summed E-state index contributed by atoms with van der Waals surface area (Å²) in [5.74, 6) is -0.566. The molecule has 0 aromatic heterocycles. The van der Waals surface area contributed by atoms with Crippen LogP contribution in [0.2, 0.25) is 0 Å². The van der Waals surface area contributed by atoms with Gasteiger partial charge in [-0.15, -0.1) is 0 Å². The van der Waals surface area contributed by atoms with E-state index in [0.29, 0.717) is 12.8 Å². The number of benzene rings is 1. The Hall–Kier alpha value is -1.69. The smallest absolute Gasteiger partial charge is 0.237 e. The third kappa shape index (κ3) is 2.77. The number of rotatable bonds is 5. The third-order valence-electron chi connectivity index (χ3n) is 6.05. The van der Waals surface area contributed by atoms with E-state index in [2.05, 4.69) is 4.72 Å². The van der Waals surface area contributed by atoms with Gasteiger partial charge in [-0.25, -0.2) is 8.42 Å². The van der Waals surface area contributed by atoms with Gasteiger partial charge < -0.3 is 0 Å². The molecule has 1 amide bonds. The van der Waals surface area contributed by atoms with Crippen LogP contribution < -0.4 is 4.72 Å². The van der Waals surface area contributed by atoms with E-state index in [1.54, 1.807) is 24.3 Å². The summed E-state index contributed by atoms with van der Waals surface area (Å²) in [6.45, 7) is 3.97. The van der Waals surface area contributed by atoms with Gasteiger partial charge in [0.05, 0.1) is 17.6 Å². The van der Waals surface area contributed by atoms with Crippen LogP contribution in [0.15, 0.2) is 30.3 Å². The summed E-state index contributed by atoms with van der Waals surface area (Å²) >= 11 is 0. The molecular weight excluding hydrogens is 326 g/mol. The average Bonchev–Trinajstić information content (AvgIpc) is 2.81. The minimum absolute atomic E-state index is 0.00698. The van der Waals surface area contributed by atoms with Crippen molar-refractivity contribution in [1.29, 1.82) is 0 Å². The molecule has 0 saturated heterocycles. The van der Waals surface area contributed by atoms with Gasteiger partial charge in [0.1, 0.15) is 5.78 Å². The predicted molar refractivity (Wildman–Crippen MR) is 90.6 cm³/mol. The molecule has 1 N–H and O–H groups in total. The Balaban J connectivity index is 1.72. The Morgan fingerprint density at radius 1 is 1.25 bits per heavy atom. The molecule has 0 aliphatic heterocycles. The topological polar surface area (TPSA) is 80.3 Å². The molecule has 5 nitrogen and oxygen atoms in total. The molecule has 2 saturated carbocycles. The lowest BCUT2D eigenvalue weighted by atomic mass is 9.70. The molecule has 2 fully saturated rings. The highest BCUT2D eigenvalue weighted by Crippen LogP contribution is 2.64. The van der Waals surface area contributed by atoms with Gasteiger partial charge in [-0.3, -0.25) is 14.3 Å². The van der Waals surface area contributed by atoms with Crippen molar-refractivity contribution in [2.75, 3.05) is 5.75 Å². The number of amides is 1. The summed E-state index contributed by atoms with van der Waals surface area (Å²) in [5.41, 5.74) is -0.431. The zero-order valence-electron chi connectivity index (χ0n) is 14.0. The van der Waals surface area contributed by atoms with Gasteiger partial charge in [0.15, 0.2) is 0 Å². The number of fused-ring (bicyclic) bond motifs is 2. The van der Waals surface area contributed by atoms with Crippen molar-refractivity contribution < 1.29 is 18.0 Å². The largest absolute Gasteiger partial charge is 0.299 e. The quantitative estimate of drug-likeness (QED) is 0.882. The molecule has 2 aliphatic rings. The summed E-state index contributed by atoms with van der Waals surface area (Å²) < 4.78 is 27.2. The van der Waals surface area contributed by atoms with Gasteiger partial charge in [-0.2, -0.15) is 0 Å². The SMILES string of the molecule is CC1(C)[C@H]2CC[C@]1(CS(=O)(=O)NC(=O)Cc1ccccc1)C(=O)C2. The van der Waals surface area contributed by atoms with Crippen LogP contribution in [0.3, 0.4) is 0 Å². The van der Waals surface area contributed by atoms with Gasteiger partial charge >= 0.3 is 0 Å². The molecule has 0 heterocycles. The van der Waals surface area contributed by atoms with E-state index in [-0.39, 0.29) is 29.3 Å². The van der Waals surface area contributed by atoms with E-state index < -0.39 is 21.3 Å². The molecule has 0 spiro atoms. The van der Waals surface area contributed by atoms with Crippen molar-refractivity contribution in [1.82, 2.24) is 4.72 Å². The molecular formula is C18H23NO4S. The summed E-state index contributed by atoms with van der Waals surface area (Å²) in [6.07, 6.45) is 1.94. The van der Waals surface area contributed by atoms with Crippen LogP contribution in [0.5, 0.6) is 0 Å². The number of Topliss-reactive ketones (excluding diaryl/α,β-unsaturated/α-hetero) is 1. The van der Waals surface area contributed by atoms with E-state index in [9.17, 15) is 18.0 Å². The van der Waals surface area contributed by atoms with Crippen molar-refractivity contribution in [3.05, 3.63) is 35.9 Å². The molecule has 2 bridgehead atoms. The van der Waals surface area contributed by atoms with Gasteiger partial charge in [0, 0.05) is 6.42 Å². The van der Waals surface area contributed by atoms with Crippen LogP contribution in [-0.2, 0) is 26.0 Å².